The van der Waals surface area contributed by atoms with Crippen LogP contribution in [0.2, 0.25) is 5.02 Å². The zero-order chi connectivity index (χ0) is 28.1. The van der Waals surface area contributed by atoms with E-state index in [0.717, 1.165) is 39.1 Å². The molecule has 6 rings (SSSR count). The van der Waals surface area contributed by atoms with Crippen LogP contribution < -0.4 is 10.2 Å². The van der Waals surface area contributed by atoms with Crippen molar-refractivity contribution in [2.45, 2.75) is 32.0 Å². The molecule has 1 N–H and O–H groups in total. The van der Waals surface area contributed by atoms with Crippen molar-refractivity contribution in [3.05, 3.63) is 82.0 Å². The SMILES string of the molecule is CN(C)c1cc(-c2ccc(C#N)cc2Cl)c2ccn(Cc3ccc4c(c3)CN(C3CCC(=O)NC3=O)C4=O)c2n1. The molecule has 2 aromatic carbocycles. The number of amides is 3. The van der Waals surface area contributed by atoms with E-state index in [-0.39, 0.29) is 18.2 Å². The molecule has 40 heavy (non-hydrogen) atoms. The smallest absolute Gasteiger partial charge is 0.255 e. The summed E-state index contributed by atoms with van der Waals surface area (Å²) in [6.45, 7) is 0.846. The Kier molecular flexibility index (Phi) is 6.28. The lowest BCUT2D eigenvalue weighted by molar-refractivity contribution is -0.136. The number of nitrogens with zero attached hydrogens (tertiary/aromatic N) is 5. The third-order valence-electron chi connectivity index (χ3n) is 7.51. The van der Waals surface area contributed by atoms with Crippen LogP contribution in [0.1, 0.15) is 39.9 Å². The predicted octanol–water partition coefficient (Wildman–Crippen LogP) is 4.10. The van der Waals surface area contributed by atoms with Gasteiger partial charge in [-0.2, -0.15) is 5.26 Å². The number of fused-ring (bicyclic) bond motifs is 2. The zero-order valence-electron chi connectivity index (χ0n) is 21.9. The van der Waals surface area contributed by atoms with Crippen molar-refractivity contribution < 1.29 is 14.4 Å². The van der Waals surface area contributed by atoms with Gasteiger partial charge in [0.05, 0.1) is 11.6 Å². The number of carbonyl (C=O) groups excluding carboxylic acids is 3. The number of imide groups is 1. The molecule has 4 aromatic rings. The molecule has 2 aromatic heterocycles. The number of anilines is 1. The first-order chi connectivity index (χ1) is 19.2. The van der Waals surface area contributed by atoms with Gasteiger partial charge in [0.15, 0.2) is 0 Å². The van der Waals surface area contributed by atoms with Gasteiger partial charge in [-0.05, 0) is 53.4 Å². The zero-order valence-corrected chi connectivity index (χ0v) is 22.7. The second-order valence-electron chi connectivity index (χ2n) is 10.3. The number of piperidine rings is 1. The summed E-state index contributed by atoms with van der Waals surface area (Å²) in [6, 6.07) is 16.5. The summed E-state index contributed by atoms with van der Waals surface area (Å²) in [7, 11) is 3.86. The number of nitrogens with one attached hydrogen (secondary N) is 1. The van der Waals surface area contributed by atoms with Crippen LogP contribution in [-0.2, 0) is 22.7 Å². The van der Waals surface area contributed by atoms with E-state index in [1.807, 2.05) is 61.6 Å². The highest BCUT2D eigenvalue weighted by Gasteiger charge is 2.39. The van der Waals surface area contributed by atoms with E-state index in [1.54, 1.807) is 17.0 Å². The summed E-state index contributed by atoms with van der Waals surface area (Å²) in [4.78, 5) is 45.4. The number of hydrogen-bond acceptors (Lipinski definition) is 6. The van der Waals surface area contributed by atoms with E-state index < -0.39 is 11.9 Å². The fourth-order valence-electron chi connectivity index (χ4n) is 5.45. The standard InChI is InChI=1S/C30H25ClN6O3/c1-35(2)26-13-23(21-6-3-17(14-32)12-24(21)31)22-9-10-36(28(22)33-26)15-18-4-5-20-19(11-18)16-37(30(20)40)25-7-8-27(38)34-29(25)39/h3-6,9-13,25H,7-8,15-16H2,1-2H3,(H,34,38,39). The minimum atomic E-state index is -0.643. The maximum Gasteiger partial charge on any atom is 0.255 e. The van der Waals surface area contributed by atoms with Crippen molar-refractivity contribution in [1.29, 1.82) is 5.26 Å². The quantitative estimate of drug-likeness (QED) is 0.373. The lowest BCUT2D eigenvalue weighted by Crippen LogP contribution is -2.52. The van der Waals surface area contributed by atoms with Gasteiger partial charge >= 0.3 is 0 Å². The Hall–Kier alpha value is -4.68. The molecule has 200 valence electrons. The van der Waals surface area contributed by atoms with E-state index >= 15 is 0 Å². The van der Waals surface area contributed by atoms with E-state index in [1.165, 1.54) is 0 Å². The molecule has 0 aliphatic carbocycles. The lowest BCUT2D eigenvalue weighted by atomic mass is 10.0. The van der Waals surface area contributed by atoms with Gasteiger partial charge in [0.1, 0.15) is 17.5 Å². The van der Waals surface area contributed by atoms with E-state index in [4.69, 9.17) is 16.6 Å². The molecule has 1 atom stereocenters. The molecule has 0 saturated carbocycles. The molecular weight excluding hydrogens is 528 g/mol. The first-order valence-electron chi connectivity index (χ1n) is 12.9. The monoisotopic (exact) mass is 552 g/mol. The Morgan fingerprint density at radius 2 is 1.88 bits per heavy atom. The molecule has 10 heteroatoms. The highest BCUT2D eigenvalue weighted by molar-refractivity contribution is 6.33. The maximum absolute atomic E-state index is 13.1. The van der Waals surface area contributed by atoms with Crippen LogP contribution >= 0.6 is 11.6 Å². The van der Waals surface area contributed by atoms with Crippen molar-refractivity contribution in [1.82, 2.24) is 19.8 Å². The Labute approximate surface area is 235 Å². The predicted molar refractivity (Wildman–Crippen MR) is 151 cm³/mol. The molecule has 0 spiro atoms. The van der Waals surface area contributed by atoms with Crippen LogP contribution in [0.25, 0.3) is 22.2 Å². The topological polar surface area (TPSA) is 111 Å². The highest BCUT2D eigenvalue weighted by atomic mass is 35.5. The number of nitriles is 1. The Bertz CT molecular complexity index is 1770. The van der Waals surface area contributed by atoms with Crippen molar-refractivity contribution >= 4 is 46.2 Å². The third-order valence-corrected chi connectivity index (χ3v) is 7.82. The Balaban J connectivity index is 1.33. The third kappa shape index (κ3) is 4.36. The fourth-order valence-corrected chi connectivity index (χ4v) is 5.73. The summed E-state index contributed by atoms with van der Waals surface area (Å²) in [6.07, 6.45) is 2.53. The number of aromatic nitrogens is 2. The second kappa shape index (κ2) is 9.81. The van der Waals surface area contributed by atoms with Gasteiger partial charge in [0, 0.05) is 61.3 Å². The molecule has 3 amide bonds. The highest BCUT2D eigenvalue weighted by Crippen LogP contribution is 2.36. The molecule has 9 nitrogen and oxygen atoms in total. The van der Waals surface area contributed by atoms with Crippen molar-refractivity contribution in [3.8, 4) is 17.2 Å². The molecule has 1 unspecified atom stereocenters. The minimum Gasteiger partial charge on any atom is -0.363 e. The van der Waals surface area contributed by atoms with Gasteiger partial charge in [0.2, 0.25) is 11.8 Å². The van der Waals surface area contributed by atoms with E-state index in [9.17, 15) is 19.6 Å². The van der Waals surface area contributed by atoms with Gasteiger partial charge in [-0.25, -0.2) is 4.98 Å². The molecule has 2 aliphatic rings. The summed E-state index contributed by atoms with van der Waals surface area (Å²) in [5.74, 6) is -0.148. The van der Waals surface area contributed by atoms with Gasteiger partial charge < -0.3 is 14.4 Å². The summed E-state index contributed by atoms with van der Waals surface area (Å²) in [5, 5.41) is 13.0. The van der Waals surface area contributed by atoms with Crippen molar-refractivity contribution in [3.63, 3.8) is 0 Å². The van der Waals surface area contributed by atoms with Gasteiger partial charge in [-0.1, -0.05) is 29.8 Å². The van der Waals surface area contributed by atoms with Crippen LogP contribution in [0.5, 0.6) is 0 Å². The summed E-state index contributed by atoms with van der Waals surface area (Å²) in [5.41, 5.74) is 5.44. The van der Waals surface area contributed by atoms with Crippen LogP contribution in [0.4, 0.5) is 5.82 Å². The molecule has 2 aliphatic heterocycles. The largest absolute Gasteiger partial charge is 0.363 e. The normalized spacial score (nSPS) is 16.7. The summed E-state index contributed by atoms with van der Waals surface area (Å²) >= 11 is 6.60. The van der Waals surface area contributed by atoms with Gasteiger partial charge in [0.25, 0.3) is 5.91 Å². The number of pyridine rings is 1. The Morgan fingerprint density at radius 3 is 2.60 bits per heavy atom. The summed E-state index contributed by atoms with van der Waals surface area (Å²) < 4.78 is 2.06. The number of hydrogen-bond donors (Lipinski definition) is 1. The number of carbonyl (C=O) groups is 3. The number of halogens is 1. The first-order valence-corrected chi connectivity index (χ1v) is 13.2. The molecule has 1 fully saturated rings. The van der Waals surface area contributed by atoms with Crippen molar-refractivity contribution in [2.75, 3.05) is 19.0 Å². The molecule has 0 bridgehead atoms. The van der Waals surface area contributed by atoms with Crippen molar-refractivity contribution in [2.24, 2.45) is 0 Å². The Morgan fingerprint density at radius 1 is 1.07 bits per heavy atom. The van der Waals surface area contributed by atoms with Crippen LogP contribution in [-0.4, -0.2) is 52.3 Å². The van der Waals surface area contributed by atoms with Gasteiger partial charge in [-0.3, -0.25) is 19.7 Å². The molecule has 0 radical (unpaired) electrons. The van der Waals surface area contributed by atoms with E-state index in [0.29, 0.717) is 35.7 Å². The van der Waals surface area contributed by atoms with Crippen LogP contribution in [0, 0.1) is 11.3 Å². The number of benzene rings is 2. The lowest BCUT2D eigenvalue weighted by Gasteiger charge is -2.29. The maximum atomic E-state index is 13.1. The fraction of sp³-hybridized carbons (Fsp3) is 0.233. The molecular formula is C30H25ClN6O3. The number of rotatable bonds is 5. The van der Waals surface area contributed by atoms with Crippen LogP contribution in [0.15, 0.2) is 54.7 Å². The van der Waals surface area contributed by atoms with Crippen LogP contribution in [0.3, 0.4) is 0 Å². The van der Waals surface area contributed by atoms with E-state index in [2.05, 4.69) is 16.0 Å². The average molecular weight is 553 g/mol. The molecule has 1 saturated heterocycles. The first kappa shape index (κ1) is 25.6. The second-order valence-corrected chi connectivity index (χ2v) is 10.7. The van der Waals surface area contributed by atoms with Gasteiger partial charge in [-0.15, -0.1) is 0 Å². The average Bonchev–Trinajstić information content (AvgIpc) is 3.48. The minimum absolute atomic E-state index is 0.191. The molecule has 4 heterocycles.